The van der Waals surface area contributed by atoms with Crippen LogP contribution < -0.4 is 4.72 Å². The lowest BCUT2D eigenvalue weighted by atomic mass is 9.96. The van der Waals surface area contributed by atoms with Gasteiger partial charge in [0.1, 0.15) is 10.6 Å². The van der Waals surface area contributed by atoms with E-state index in [4.69, 9.17) is 5.11 Å². The molecule has 1 aliphatic carbocycles. The van der Waals surface area contributed by atoms with Crippen LogP contribution in [0.3, 0.4) is 0 Å². The average molecular weight is 286 g/mol. The van der Waals surface area contributed by atoms with Gasteiger partial charge < -0.3 is 9.67 Å². The maximum Gasteiger partial charge on any atom is 0.352 e. The second-order valence-corrected chi connectivity index (χ2v) is 6.65. The molecule has 0 spiro atoms. The van der Waals surface area contributed by atoms with Gasteiger partial charge in [-0.2, -0.15) is 0 Å². The second-order valence-electron chi connectivity index (χ2n) is 4.93. The lowest BCUT2D eigenvalue weighted by Crippen LogP contribution is -2.36. The first-order valence-corrected chi connectivity index (χ1v) is 7.80. The molecule has 1 aromatic rings. The molecule has 1 saturated carbocycles. The molecule has 2 rings (SSSR count). The fraction of sp³-hybridized carbons (Fsp3) is 0.583. The van der Waals surface area contributed by atoms with E-state index in [1.807, 2.05) is 0 Å². The molecule has 1 aromatic heterocycles. The number of rotatable bonds is 4. The Hall–Kier alpha value is -1.34. The predicted octanol–water partition coefficient (Wildman–Crippen LogP) is 1.33. The average Bonchev–Trinajstić information content (AvgIpc) is 2.73. The molecule has 1 aliphatic rings. The second kappa shape index (κ2) is 5.34. The number of aromatic carboxylic acids is 1. The molecule has 0 amide bonds. The van der Waals surface area contributed by atoms with E-state index in [2.05, 4.69) is 4.72 Å². The Kier molecular flexibility index (Phi) is 3.96. The van der Waals surface area contributed by atoms with Crippen LogP contribution in [0.2, 0.25) is 0 Å². The largest absolute Gasteiger partial charge is 0.477 e. The third-order valence-corrected chi connectivity index (χ3v) is 4.92. The van der Waals surface area contributed by atoms with E-state index in [9.17, 15) is 13.2 Å². The molecule has 0 unspecified atom stereocenters. The van der Waals surface area contributed by atoms with Crippen molar-refractivity contribution >= 4 is 16.0 Å². The smallest absolute Gasteiger partial charge is 0.352 e. The summed E-state index contributed by atoms with van der Waals surface area (Å²) in [6, 6.07) is 1.15. The van der Waals surface area contributed by atoms with Crippen LogP contribution >= 0.6 is 0 Å². The van der Waals surface area contributed by atoms with E-state index in [-0.39, 0.29) is 16.6 Å². The van der Waals surface area contributed by atoms with Crippen LogP contribution in [0.15, 0.2) is 17.2 Å². The zero-order valence-corrected chi connectivity index (χ0v) is 11.6. The molecular weight excluding hydrogens is 268 g/mol. The third-order valence-electron chi connectivity index (χ3n) is 3.44. The minimum Gasteiger partial charge on any atom is -0.477 e. The van der Waals surface area contributed by atoms with Crippen LogP contribution in [0.5, 0.6) is 0 Å². The summed E-state index contributed by atoms with van der Waals surface area (Å²) in [5.41, 5.74) is -0.0379. The van der Waals surface area contributed by atoms with Gasteiger partial charge in [0.05, 0.1) is 0 Å². The monoisotopic (exact) mass is 286 g/mol. The number of hydrogen-bond donors (Lipinski definition) is 2. The van der Waals surface area contributed by atoms with Gasteiger partial charge in [-0.05, 0) is 18.9 Å². The molecule has 106 valence electrons. The number of aromatic nitrogens is 1. The van der Waals surface area contributed by atoms with E-state index >= 15 is 0 Å². The maximum atomic E-state index is 12.2. The summed E-state index contributed by atoms with van der Waals surface area (Å²) in [5.74, 6) is -1.14. The highest BCUT2D eigenvalue weighted by Crippen LogP contribution is 2.20. The Labute approximate surface area is 112 Å². The van der Waals surface area contributed by atoms with E-state index in [0.717, 1.165) is 32.1 Å². The Morgan fingerprint density at radius 1 is 1.37 bits per heavy atom. The molecule has 0 saturated heterocycles. The van der Waals surface area contributed by atoms with Gasteiger partial charge in [0.15, 0.2) is 0 Å². The highest BCUT2D eigenvalue weighted by atomic mass is 32.2. The number of nitrogens with zero attached hydrogens (tertiary/aromatic N) is 1. The standard InChI is InChI=1S/C12H18N2O4S/c1-14-8-10(7-11(14)12(15)16)19(17,18)13-9-5-3-2-4-6-9/h7-9,13H,2-6H2,1H3,(H,15,16). The fourth-order valence-electron chi connectivity index (χ4n) is 2.40. The first kappa shape index (κ1) is 14.1. The van der Waals surface area contributed by atoms with E-state index < -0.39 is 16.0 Å². The van der Waals surface area contributed by atoms with Crippen LogP contribution in [0.1, 0.15) is 42.6 Å². The number of carboxylic acid groups (broad SMARTS) is 1. The Bertz CT molecular complexity index is 571. The van der Waals surface area contributed by atoms with E-state index in [0.29, 0.717) is 0 Å². The summed E-state index contributed by atoms with van der Waals surface area (Å²) in [5, 5.41) is 8.93. The summed E-state index contributed by atoms with van der Waals surface area (Å²) in [7, 11) is -2.11. The highest BCUT2D eigenvalue weighted by Gasteiger charge is 2.24. The minimum absolute atomic E-state index is 0.0120. The topological polar surface area (TPSA) is 88.4 Å². The van der Waals surface area contributed by atoms with Crippen molar-refractivity contribution in [1.29, 1.82) is 0 Å². The van der Waals surface area contributed by atoms with Crippen LogP contribution in [-0.2, 0) is 17.1 Å². The molecule has 0 aliphatic heterocycles. The molecule has 19 heavy (non-hydrogen) atoms. The lowest BCUT2D eigenvalue weighted by Gasteiger charge is -2.22. The quantitative estimate of drug-likeness (QED) is 0.874. The molecule has 0 bridgehead atoms. The number of sulfonamides is 1. The van der Waals surface area contributed by atoms with Gasteiger partial charge in [-0.3, -0.25) is 0 Å². The molecule has 7 heteroatoms. The van der Waals surface area contributed by atoms with Crippen LogP contribution in [0.25, 0.3) is 0 Å². The minimum atomic E-state index is -3.63. The van der Waals surface area contributed by atoms with E-state index in [1.54, 1.807) is 0 Å². The fourth-order valence-corrected chi connectivity index (χ4v) is 3.78. The van der Waals surface area contributed by atoms with Crippen LogP contribution in [0, 0.1) is 0 Å². The molecule has 0 atom stereocenters. The summed E-state index contributed by atoms with van der Waals surface area (Å²) in [6.07, 6.45) is 6.22. The summed E-state index contributed by atoms with van der Waals surface area (Å²) in [6.45, 7) is 0. The van der Waals surface area contributed by atoms with Gasteiger partial charge >= 0.3 is 5.97 Å². The van der Waals surface area contributed by atoms with Crippen molar-refractivity contribution in [3.05, 3.63) is 18.0 Å². The Balaban J connectivity index is 2.19. The van der Waals surface area contributed by atoms with Crippen molar-refractivity contribution in [1.82, 2.24) is 9.29 Å². The molecule has 0 aromatic carbocycles. The maximum absolute atomic E-state index is 12.2. The predicted molar refractivity (Wildman–Crippen MR) is 69.6 cm³/mol. The van der Waals surface area contributed by atoms with Crippen LogP contribution in [-0.4, -0.2) is 30.1 Å². The van der Waals surface area contributed by atoms with Crippen molar-refractivity contribution in [2.45, 2.75) is 43.0 Å². The molecular formula is C12H18N2O4S. The van der Waals surface area contributed by atoms with Crippen molar-refractivity contribution in [3.8, 4) is 0 Å². The first-order valence-electron chi connectivity index (χ1n) is 6.32. The number of carbonyl (C=O) groups is 1. The zero-order valence-electron chi connectivity index (χ0n) is 10.8. The number of aryl methyl sites for hydroxylation is 1. The normalized spacial score (nSPS) is 17.5. The van der Waals surface area contributed by atoms with Gasteiger partial charge in [0.2, 0.25) is 10.0 Å². The summed E-state index contributed by atoms with van der Waals surface area (Å²) in [4.78, 5) is 10.9. The van der Waals surface area contributed by atoms with Gasteiger partial charge in [-0.1, -0.05) is 19.3 Å². The number of nitrogens with one attached hydrogen (secondary N) is 1. The Morgan fingerprint density at radius 2 is 2.00 bits per heavy atom. The number of carboxylic acids is 1. The molecule has 0 radical (unpaired) electrons. The van der Waals surface area contributed by atoms with E-state index in [1.165, 1.54) is 23.9 Å². The van der Waals surface area contributed by atoms with Gasteiger partial charge in [0, 0.05) is 19.3 Å². The van der Waals surface area contributed by atoms with Crippen LogP contribution in [0.4, 0.5) is 0 Å². The number of hydrogen-bond acceptors (Lipinski definition) is 3. The summed E-state index contributed by atoms with van der Waals surface area (Å²) >= 11 is 0. The van der Waals surface area contributed by atoms with Gasteiger partial charge in [-0.15, -0.1) is 0 Å². The highest BCUT2D eigenvalue weighted by molar-refractivity contribution is 7.89. The van der Waals surface area contributed by atoms with Crippen molar-refractivity contribution < 1.29 is 18.3 Å². The molecule has 6 nitrogen and oxygen atoms in total. The van der Waals surface area contributed by atoms with Crippen molar-refractivity contribution in [3.63, 3.8) is 0 Å². The van der Waals surface area contributed by atoms with Gasteiger partial charge in [0.25, 0.3) is 0 Å². The third kappa shape index (κ3) is 3.16. The molecule has 1 heterocycles. The van der Waals surface area contributed by atoms with Gasteiger partial charge in [-0.25, -0.2) is 17.9 Å². The molecule has 1 fully saturated rings. The summed E-state index contributed by atoms with van der Waals surface area (Å²) < 4.78 is 28.3. The van der Waals surface area contributed by atoms with Crippen molar-refractivity contribution in [2.75, 3.05) is 0 Å². The lowest BCUT2D eigenvalue weighted by molar-refractivity contribution is 0.0686. The Morgan fingerprint density at radius 3 is 2.53 bits per heavy atom. The SMILES string of the molecule is Cn1cc(S(=O)(=O)NC2CCCCC2)cc1C(=O)O. The van der Waals surface area contributed by atoms with Crippen molar-refractivity contribution in [2.24, 2.45) is 7.05 Å². The first-order chi connectivity index (χ1) is 8.90. The molecule has 2 N–H and O–H groups in total. The zero-order chi connectivity index (χ0) is 14.0.